The minimum atomic E-state index is 0.316. The van der Waals surface area contributed by atoms with Crippen LogP contribution >= 0.6 is 15.9 Å². The Hall–Kier alpha value is -0.580. The molecule has 1 aliphatic rings. The van der Waals surface area contributed by atoms with E-state index in [4.69, 9.17) is 10.5 Å². The predicted molar refractivity (Wildman–Crippen MR) is 73.8 cm³/mol. The molecule has 0 bridgehead atoms. The molecule has 0 aromatic heterocycles. The minimum absolute atomic E-state index is 0.316. The van der Waals surface area contributed by atoms with Crippen LogP contribution in [0.25, 0.3) is 0 Å². The zero-order valence-electron chi connectivity index (χ0n) is 10.3. The van der Waals surface area contributed by atoms with Crippen LogP contribution in [0, 0.1) is 0 Å². The van der Waals surface area contributed by atoms with E-state index in [2.05, 4.69) is 46.8 Å². The maximum absolute atomic E-state index is 5.79. The van der Waals surface area contributed by atoms with Crippen LogP contribution in [0.5, 0.6) is 0 Å². The van der Waals surface area contributed by atoms with E-state index in [1.807, 2.05) is 6.07 Å². The first-order valence-electron chi connectivity index (χ1n) is 5.96. The van der Waals surface area contributed by atoms with Gasteiger partial charge in [0.05, 0.1) is 12.2 Å². The van der Waals surface area contributed by atoms with Crippen molar-refractivity contribution < 1.29 is 4.74 Å². The monoisotopic (exact) mass is 298 g/mol. The fourth-order valence-corrected chi connectivity index (χ4v) is 2.77. The second kappa shape index (κ2) is 5.38. The first-order valence-corrected chi connectivity index (χ1v) is 6.75. The molecule has 0 radical (unpaired) electrons. The van der Waals surface area contributed by atoms with Crippen molar-refractivity contribution in [2.75, 3.05) is 18.8 Å². The smallest absolute Gasteiger partial charge is 0.0678 e. The molecule has 0 saturated carbocycles. The predicted octanol–water partition coefficient (Wildman–Crippen LogP) is 2.64. The van der Waals surface area contributed by atoms with Crippen molar-refractivity contribution in [1.29, 1.82) is 0 Å². The van der Waals surface area contributed by atoms with Gasteiger partial charge in [0.15, 0.2) is 0 Å². The second-order valence-electron chi connectivity index (χ2n) is 4.81. The summed E-state index contributed by atoms with van der Waals surface area (Å²) in [6.45, 7) is 7.19. The molecule has 1 fully saturated rings. The van der Waals surface area contributed by atoms with Gasteiger partial charge in [0.2, 0.25) is 0 Å². The van der Waals surface area contributed by atoms with Gasteiger partial charge in [-0.2, -0.15) is 0 Å². The van der Waals surface area contributed by atoms with Crippen molar-refractivity contribution in [3.8, 4) is 0 Å². The van der Waals surface area contributed by atoms with Gasteiger partial charge in [-0.1, -0.05) is 6.07 Å². The molecule has 1 aromatic carbocycles. The molecular formula is C13H19BrN2O. The number of benzene rings is 1. The van der Waals surface area contributed by atoms with Crippen LogP contribution in [0.4, 0.5) is 5.69 Å². The first kappa shape index (κ1) is 12.9. The standard InChI is InChI=1S/C13H19BrN2O/c1-9-6-16(7-10(2)17-9)8-11-3-4-13(15)12(14)5-11/h3-5,9-10H,6-8,15H2,1-2H3. The number of rotatable bonds is 2. The van der Waals surface area contributed by atoms with Crippen LogP contribution in [0.15, 0.2) is 22.7 Å². The van der Waals surface area contributed by atoms with Crippen LogP contribution in [-0.2, 0) is 11.3 Å². The number of anilines is 1. The van der Waals surface area contributed by atoms with E-state index in [9.17, 15) is 0 Å². The molecule has 3 nitrogen and oxygen atoms in total. The average molecular weight is 299 g/mol. The van der Waals surface area contributed by atoms with Gasteiger partial charge in [-0.25, -0.2) is 0 Å². The fraction of sp³-hybridized carbons (Fsp3) is 0.538. The molecule has 2 atom stereocenters. The SMILES string of the molecule is CC1CN(Cc2ccc(N)c(Br)c2)CC(C)O1. The fourth-order valence-electron chi connectivity index (χ4n) is 2.34. The van der Waals surface area contributed by atoms with Gasteiger partial charge in [-0.05, 0) is 47.5 Å². The Labute approximate surface area is 111 Å². The number of halogens is 1. The zero-order chi connectivity index (χ0) is 12.4. The number of morpholine rings is 1. The summed E-state index contributed by atoms with van der Waals surface area (Å²) in [4.78, 5) is 2.43. The summed E-state index contributed by atoms with van der Waals surface area (Å²) in [5.74, 6) is 0. The van der Waals surface area contributed by atoms with Crippen molar-refractivity contribution in [2.24, 2.45) is 0 Å². The van der Waals surface area contributed by atoms with E-state index < -0.39 is 0 Å². The zero-order valence-corrected chi connectivity index (χ0v) is 11.9. The molecule has 4 heteroatoms. The Balaban J connectivity index is 2.02. The highest BCUT2D eigenvalue weighted by molar-refractivity contribution is 9.10. The maximum atomic E-state index is 5.79. The van der Waals surface area contributed by atoms with E-state index in [-0.39, 0.29) is 0 Å². The van der Waals surface area contributed by atoms with E-state index in [1.165, 1.54) is 5.56 Å². The molecule has 0 spiro atoms. The topological polar surface area (TPSA) is 38.5 Å². The molecule has 1 heterocycles. The van der Waals surface area contributed by atoms with Crippen molar-refractivity contribution in [3.05, 3.63) is 28.2 Å². The molecular weight excluding hydrogens is 280 g/mol. The van der Waals surface area contributed by atoms with Gasteiger partial charge in [-0.15, -0.1) is 0 Å². The van der Waals surface area contributed by atoms with Gasteiger partial charge in [0.25, 0.3) is 0 Å². The third kappa shape index (κ3) is 3.44. The Bertz CT molecular complexity index is 387. The lowest BCUT2D eigenvalue weighted by atomic mass is 10.1. The Kier molecular flexibility index (Phi) is 4.07. The molecule has 94 valence electrons. The van der Waals surface area contributed by atoms with Crippen molar-refractivity contribution >= 4 is 21.6 Å². The number of nitrogens with zero attached hydrogens (tertiary/aromatic N) is 1. The van der Waals surface area contributed by atoms with E-state index in [0.717, 1.165) is 29.8 Å². The Morgan fingerprint density at radius 2 is 2.00 bits per heavy atom. The van der Waals surface area contributed by atoms with Crippen LogP contribution in [0.1, 0.15) is 19.4 Å². The van der Waals surface area contributed by atoms with Gasteiger partial charge in [-0.3, -0.25) is 4.90 Å². The molecule has 2 N–H and O–H groups in total. The van der Waals surface area contributed by atoms with Crippen molar-refractivity contribution in [3.63, 3.8) is 0 Å². The average Bonchev–Trinajstić information content (AvgIpc) is 2.22. The van der Waals surface area contributed by atoms with Gasteiger partial charge < -0.3 is 10.5 Å². The van der Waals surface area contributed by atoms with Gasteiger partial charge in [0.1, 0.15) is 0 Å². The summed E-state index contributed by atoms with van der Waals surface area (Å²) in [6, 6.07) is 6.14. The second-order valence-corrected chi connectivity index (χ2v) is 5.66. The number of nitrogen functional groups attached to an aromatic ring is 1. The Morgan fingerprint density at radius 1 is 1.35 bits per heavy atom. The maximum Gasteiger partial charge on any atom is 0.0678 e. The normalized spacial score (nSPS) is 26.1. The summed E-state index contributed by atoms with van der Waals surface area (Å²) in [6.07, 6.45) is 0.631. The lowest BCUT2D eigenvalue weighted by molar-refractivity contribution is -0.0704. The molecule has 1 aliphatic heterocycles. The summed E-state index contributed by atoms with van der Waals surface area (Å²) in [5.41, 5.74) is 7.86. The largest absolute Gasteiger partial charge is 0.398 e. The first-order chi connectivity index (χ1) is 8.04. The quantitative estimate of drug-likeness (QED) is 0.853. The van der Waals surface area contributed by atoms with Crippen molar-refractivity contribution in [2.45, 2.75) is 32.6 Å². The number of hydrogen-bond donors (Lipinski definition) is 1. The van der Waals surface area contributed by atoms with Crippen LogP contribution < -0.4 is 5.73 Å². The van der Waals surface area contributed by atoms with Crippen LogP contribution in [0.2, 0.25) is 0 Å². The molecule has 0 amide bonds. The van der Waals surface area contributed by atoms with Crippen LogP contribution in [0.3, 0.4) is 0 Å². The highest BCUT2D eigenvalue weighted by Crippen LogP contribution is 2.22. The molecule has 0 aliphatic carbocycles. The summed E-state index contributed by atoms with van der Waals surface area (Å²) < 4.78 is 6.70. The van der Waals surface area contributed by atoms with E-state index in [1.54, 1.807) is 0 Å². The Morgan fingerprint density at radius 3 is 2.59 bits per heavy atom. The molecule has 1 aromatic rings. The third-order valence-corrected chi connectivity index (χ3v) is 3.65. The number of ether oxygens (including phenoxy) is 1. The summed E-state index contributed by atoms with van der Waals surface area (Å²) in [7, 11) is 0. The summed E-state index contributed by atoms with van der Waals surface area (Å²) in [5, 5.41) is 0. The van der Waals surface area contributed by atoms with E-state index >= 15 is 0 Å². The lowest BCUT2D eigenvalue weighted by Gasteiger charge is -2.35. The molecule has 17 heavy (non-hydrogen) atoms. The molecule has 1 saturated heterocycles. The molecule has 2 unspecified atom stereocenters. The highest BCUT2D eigenvalue weighted by atomic mass is 79.9. The van der Waals surface area contributed by atoms with Gasteiger partial charge in [0, 0.05) is 29.8 Å². The number of nitrogens with two attached hydrogens (primary N) is 1. The lowest BCUT2D eigenvalue weighted by Crippen LogP contribution is -2.44. The number of hydrogen-bond acceptors (Lipinski definition) is 3. The minimum Gasteiger partial charge on any atom is -0.398 e. The summed E-state index contributed by atoms with van der Waals surface area (Å²) >= 11 is 3.47. The van der Waals surface area contributed by atoms with Crippen LogP contribution in [-0.4, -0.2) is 30.2 Å². The molecule has 2 rings (SSSR count). The highest BCUT2D eigenvalue weighted by Gasteiger charge is 2.21. The third-order valence-electron chi connectivity index (χ3n) is 2.97. The van der Waals surface area contributed by atoms with E-state index in [0.29, 0.717) is 12.2 Å². The van der Waals surface area contributed by atoms with Gasteiger partial charge >= 0.3 is 0 Å². The van der Waals surface area contributed by atoms with Crippen molar-refractivity contribution in [1.82, 2.24) is 4.90 Å².